The quantitative estimate of drug-likeness (QED) is 0.334. The summed E-state index contributed by atoms with van der Waals surface area (Å²) in [6.45, 7) is 19.0. The predicted octanol–water partition coefficient (Wildman–Crippen LogP) is 9.03. The average molecular weight is 303 g/mol. The first kappa shape index (κ1) is 29.1. The molecule has 0 aromatic carbocycles. The third-order valence-electron chi connectivity index (χ3n) is 3.62. The van der Waals surface area contributed by atoms with E-state index in [1.165, 1.54) is 70.6 Å². The summed E-state index contributed by atoms with van der Waals surface area (Å²) in [5.74, 6) is 1.00. The van der Waals surface area contributed by atoms with Gasteiger partial charge in [0.05, 0.1) is 0 Å². The lowest BCUT2D eigenvalue weighted by Crippen LogP contribution is -1.96. The van der Waals surface area contributed by atoms with E-state index in [-0.39, 0.29) is 0 Å². The molecule has 0 aliphatic heterocycles. The molecule has 0 radical (unpaired) electrons. The maximum absolute atomic E-state index is 2.33. The molecule has 0 atom stereocenters. The molecule has 21 heavy (non-hydrogen) atoms. The summed E-state index contributed by atoms with van der Waals surface area (Å²) in [6.07, 6.45) is 15.9. The fourth-order valence-electron chi connectivity index (χ4n) is 2.26. The Balaban J connectivity index is -0.000000212. The van der Waals surface area contributed by atoms with Crippen molar-refractivity contribution in [1.29, 1.82) is 0 Å². The highest BCUT2D eigenvalue weighted by atomic mass is 14.1. The van der Waals surface area contributed by atoms with Gasteiger partial charge in [0.25, 0.3) is 0 Å². The molecule has 0 aliphatic rings. The fourth-order valence-corrected chi connectivity index (χ4v) is 2.26. The van der Waals surface area contributed by atoms with Crippen molar-refractivity contribution < 1.29 is 0 Å². The van der Waals surface area contributed by atoms with Crippen molar-refractivity contribution in [3.8, 4) is 0 Å². The van der Waals surface area contributed by atoms with Crippen molar-refractivity contribution in [3.63, 3.8) is 0 Å². The van der Waals surface area contributed by atoms with Gasteiger partial charge in [-0.05, 0) is 5.92 Å². The molecular weight excluding hydrogens is 252 g/mol. The Labute approximate surface area is 139 Å². The molecule has 0 saturated heterocycles. The van der Waals surface area contributed by atoms with Crippen molar-refractivity contribution in [2.24, 2.45) is 5.92 Å². The van der Waals surface area contributed by atoms with Gasteiger partial charge in [-0.2, -0.15) is 0 Å². The van der Waals surface area contributed by atoms with E-state index >= 15 is 0 Å². The average Bonchev–Trinajstić information content (AvgIpc) is 2.59. The molecule has 0 aromatic heterocycles. The molecule has 0 nitrogen and oxygen atoms in total. The Kier molecular flexibility index (Phi) is 51.0. The second-order valence-electron chi connectivity index (χ2n) is 4.95. The number of unbranched alkanes of at least 4 members (excludes halogenated alkanes) is 7. The molecule has 0 aliphatic carbocycles. The van der Waals surface area contributed by atoms with Crippen LogP contribution in [0.15, 0.2) is 0 Å². The molecule has 0 unspecified atom stereocenters. The zero-order valence-corrected chi connectivity index (χ0v) is 17.4. The fraction of sp³-hybridized carbons (Fsp3) is 1.00. The summed E-state index contributed by atoms with van der Waals surface area (Å²) >= 11 is 0. The molecule has 0 saturated carbocycles. The number of hydrogen-bond acceptors (Lipinski definition) is 0. The van der Waals surface area contributed by atoms with E-state index in [1.807, 2.05) is 41.5 Å². The van der Waals surface area contributed by atoms with Gasteiger partial charge in [-0.25, -0.2) is 0 Å². The van der Waals surface area contributed by atoms with Crippen LogP contribution in [0.5, 0.6) is 0 Å². The standard InChI is InChI=1S/C15H32.3C2H6/c1-4-7-8-9-10-11-12-13-14-15(5-2)6-3;3*1-2/h15H,4-14H2,1-3H3;3*1-2H3. The van der Waals surface area contributed by atoms with Crippen LogP contribution in [0.25, 0.3) is 0 Å². The van der Waals surface area contributed by atoms with Gasteiger partial charge in [0.15, 0.2) is 0 Å². The highest BCUT2D eigenvalue weighted by molar-refractivity contribution is 4.55. The van der Waals surface area contributed by atoms with Gasteiger partial charge in [0.2, 0.25) is 0 Å². The van der Waals surface area contributed by atoms with Crippen LogP contribution in [0, 0.1) is 5.92 Å². The summed E-state index contributed by atoms with van der Waals surface area (Å²) in [7, 11) is 0. The molecule has 0 fully saturated rings. The Hall–Kier alpha value is 0. The third-order valence-corrected chi connectivity index (χ3v) is 3.62. The SMILES string of the molecule is CC.CC.CC.CCCCCCCCCCC(CC)CC. The van der Waals surface area contributed by atoms with Crippen molar-refractivity contribution in [2.75, 3.05) is 0 Å². The molecule has 0 aromatic rings. The van der Waals surface area contributed by atoms with Crippen LogP contribution in [-0.2, 0) is 0 Å². The van der Waals surface area contributed by atoms with Gasteiger partial charge in [0.1, 0.15) is 0 Å². The van der Waals surface area contributed by atoms with Crippen LogP contribution >= 0.6 is 0 Å². The maximum Gasteiger partial charge on any atom is -0.0420 e. The van der Waals surface area contributed by atoms with Crippen molar-refractivity contribution in [1.82, 2.24) is 0 Å². The van der Waals surface area contributed by atoms with Crippen LogP contribution in [-0.4, -0.2) is 0 Å². The van der Waals surface area contributed by atoms with Crippen LogP contribution < -0.4 is 0 Å². The topological polar surface area (TPSA) is 0 Å². The van der Waals surface area contributed by atoms with Gasteiger partial charge in [-0.1, -0.05) is 133 Å². The van der Waals surface area contributed by atoms with E-state index in [0.717, 1.165) is 5.92 Å². The predicted molar refractivity (Wildman–Crippen MR) is 105 cm³/mol. The van der Waals surface area contributed by atoms with Gasteiger partial charge in [-0.15, -0.1) is 0 Å². The Bertz CT molecular complexity index is 103. The minimum absolute atomic E-state index is 1.00. The molecule has 0 N–H and O–H groups in total. The second-order valence-corrected chi connectivity index (χ2v) is 4.95. The monoisotopic (exact) mass is 302 g/mol. The summed E-state index contributed by atoms with van der Waals surface area (Å²) in [6, 6.07) is 0. The van der Waals surface area contributed by atoms with Crippen LogP contribution in [0.3, 0.4) is 0 Å². The van der Waals surface area contributed by atoms with Crippen LogP contribution in [0.1, 0.15) is 133 Å². The van der Waals surface area contributed by atoms with Crippen LogP contribution in [0.4, 0.5) is 0 Å². The largest absolute Gasteiger partial charge is 0.0683 e. The summed E-state index contributed by atoms with van der Waals surface area (Å²) in [5, 5.41) is 0. The number of hydrogen-bond donors (Lipinski definition) is 0. The first-order valence-electron chi connectivity index (χ1n) is 10.3. The molecule has 134 valence electrons. The molecule has 0 bridgehead atoms. The molecular formula is C21H50. The Morgan fingerprint density at radius 2 is 0.810 bits per heavy atom. The van der Waals surface area contributed by atoms with Crippen molar-refractivity contribution in [3.05, 3.63) is 0 Å². The zero-order chi connectivity index (χ0) is 17.4. The van der Waals surface area contributed by atoms with E-state index in [9.17, 15) is 0 Å². The van der Waals surface area contributed by atoms with Crippen LogP contribution in [0.2, 0.25) is 0 Å². The first-order chi connectivity index (χ1) is 10.3. The molecule has 0 rings (SSSR count). The van der Waals surface area contributed by atoms with Gasteiger partial charge >= 0.3 is 0 Å². The smallest absolute Gasteiger partial charge is 0.0420 e. The minimum Gasteiger partial charge on any atom is -0.0683 e. The summed E-state index contributed by atoms with van der Waals surface area (Å²) in [5.41, 5.74) is 0. The van der Waals surface area contributed by atoms with E-state index in [1.54, 1.807) is 0 Å². The lowest BCUT2D eigenvalue weighted by Gasteiger charge is -2.11. The molecule has 0 heteroatoms. The third kappa shape index (κ3) is 33.1. The molecule has 0 spiro atoms. The Morgan fingerprint density at radius 3 is 1.14 bits per heavy atom. The molecule has 0 amide bonds. The van der Waals surface area contributed by atoms with Crippen molar-refractivity contribution in [2.45, 2.75) is 133 Å². The minimum atomic E-state index is 1.00. The lowest BCUT2D eigenvalue weighted by molar-refractivity contribution is 0.426. The number of rotatable bonds is 11. The van der Waals surface area contributed by atoms with Gasteiger partial charge < -0.3 is 0 Å². The maximum atomic E-state index is 2.33. The second kappa shape index (κ2) is 36.8. The van der Waals surface area contributed by atoms with Gasteiger partial charge in [-0.3, -0.25) is 0 Å². The van der Waals surface area contributed by atoms with E-state index in [0.29, 0.717) is 0 Å². The highest BCUT2D eigenvalue weighted by Gasteiger charge is 2.01. The highest BCUT2D eigenvalue weighted by Crippen LogP contribution is 2.17. The molecule has 0 heterocycles. The normalized spacial score (nSPS) is 8.86. The lowest BCUT2D eigenvalue weighted by atomic mass is 9.95. The zero-order valence-electron chi connectivity index (χ0n) is 17.4. The van der Waals surface area contributed by atoms with E-state index in [4.69, 9.17) is 0 Å². The first-order valence-corrected chi connectivity index (χ1v) is 10.3. The summed E-state index contributed by atoms with van der Waals surface area (Å²) < 4.78 is 0. The Morgan fingerprint density at radius 1 is 0.476 bits per heavy atom. The van der Waals surface area contributed by atoms with E-state index in [2.05, 4.69) is 20.8 Å². The van der Waals surface area contributed by atoms with Crippen molar-refractivity contribution >= 4 is 0 Å². The van der Waals surface area contributed by atoms with Gasteiger partial charge in [0, 0.05) is 0 Å². The van der Waals surface area contributed by atoms with E-state index < -0.39 is 0 Å². The summed E-state index contributed by atoms with van der Waals surface area (Å²) in [4.78, 5) is 0.